The van der Waals surface area contributed by atoms with Gasteiger partial charge in [-0.05, 0) is 19.3 Å². The highest BCUT2D eigenvalue weighted by Gasteiger charge is 2.24. The molecule has 2 aromatic heterocycles. The summed E-state index contributed by atoms with van der Waals surface area (Å²) in [6.45, 7) is 0.906. The average molecular weight is 335 g/mol. The van der Waals surface area contributed by atoms with Crippen molar-refractivity contribution in [1.82, 2.24) is 19.3 Å². The van der Waals surface area contributed by atoms with Crippen molar-refractivity contribution in [3.63, 3.8) is 0 Å². The molecule has 6 nitrogen and oxygen atoms in total. The second kappa shape index (κ2) is 6.55. The molecule has 1 aromatic carbocycles. The molecule has 6 heteroatoms. The SMILES string of the molecule is Cn1ccc(NC(=O)c2nc(-c3ccccc3)n3c2CCCCC3)n1. The van der Waals surface area contributed by atoms with Crippen molar-refractivity contribution in [2.75, 3.05) is 5.32 Å². The number of amides is 1. The van der Waals surface area contributed by atoms with E-state index in [1.165, 1.54) is 6.42 Å². The van der Waals surface area contributed by atoms with Crippen LogP contribution in [0.15, 0.2) is 42.6 Å². The Balaban J connectivity index is 1.74. The van der Waals surface area contributed by atoms with Crippen LogP contribution in [-0.2, 0) is 20.0 Å². The number of anilines is 1. The van der Waals surface area contributed by atoms with Gasteiger partial charge in [0.15, 0.2) is 5.82 Å². The van der Waals surface area contributed by atoms with Crippen LogP contribution in [0, 0.1) is 0 Å². The highest BCUT2D eigenvalue weighted by Crippen LogP contribution is 2.27. The predicted octanol–water partition coefficient (Wildman–Crippen LogP) is 3.26. The maximum atomic E-state index is 12.8. The monoisotopic (exact) mass is 335 g/mol. The van der Waals surface area contributed by atoms with Crippen LogP contribution in [0.4, 0.5) is 5.82 Å². The summed E-state index contributed by atoms with van der Waals surface area (Å²) in [7, 11) is 1.83. The number of fused-ring (bicyclic) bond motifs is 1. The Kier molecular flexibility index (Phi) is 4.09. The van der Waals surface area contributed by atoms with Crippen LogP contribution >= 0.6 is 0 Å². The largest absolute Gasteiger partial charge is 0.327 e. The molecule has 128 valence electrons. The lowest BCUT2D eigenvalue weighted by molar-refractivity contribution is 0.102. The molecule has 0 spiro atoms. The minimum Gasteiger partial charge on any atom is -0.327 e. The third-order valence-electron chi connectivity index (χ3n) is 4.57. The van der Waals surface area contributed by atoms with Crippen molar-refractivity contribution < 1.29 is 4.79 Å². The molecule has 25 heavy (non-hydrogen) atoms. The van der Waals surface area contributed by atoms with E-state index in [9.17, 15) is 4.79 Å². The van der Waals surface area contributed by atoms with Crippen molar-refractivity contribution in [1.29, 1.82) is 0 Å². The van der Waals surface area contributed by atoms with Gasteiger partial charge >= 0.3 is 0 Å². The predicted molar refractivity (Wildman–Crippen MR) is 96.4 cm³/mol. The molecule has 1 aliphatic rings. The van der Waals surface area contributed by atoms with Gasteiger partial charge in [-0.3, -0.25) is 9.48 Å². The van der Waals surface area contributed by atoms with Gasteiger partial charge in [-0.1, -0.05) is 36.8 Å². The summed E-state index contributed by atoms with van der Waals surface area (Å²) < 4.78 is 3.88. The summed E-state index contributed by atoms with van der Waals surface area (Å²) in [5.41, 5.74) is 2.60. The van der Waals surface area contributed by atoms with Gasteiger partial charge < -0.3 is 9.88 Å². The molecule has 0 unspecified atom stereocenters. The fraction of sp³-hybridized carbons (Fsp3) is 0.316. The molecule has 1 amide bonds. The van der Waals surface area contributed by atoms with E-state index >= 15 is 0 Å². The second-order valence-electron chi connectivity index (χ2n) is 6.39. The van der Waals surface area contributed by atoms with E-state index in [0.29, 0.717) is 11.5 Å². The number of benzene rings is 1. The molecule has 1 aliphatic heterocycles. The molecular formula is C19H21N5O. The first-order valence-corrected chi connectivity index (χ1v) is 8.68. The van der Waals surface area contributed by atoms with Crippen LogP contribution in [0.25, 0.3) is 11.4 Å². The van der Waals surface area contributed by atoms with E-state index in [0.717, 1.165) is 42.9 Å². The van der Waals surface area contributed by atoms with Crippen molar-refractivity contribution in [2.24, 2.45) is 7.05 Å². The molecule has 3 aromatic rings. The molecule has 0 bridgehead atoms. The van der Waals surface area contributed by atoms with E-state index in [2.05, 4.69) is 15.0 Å². The van der Waals surface area contributed by atoms with Crippen LogP contribution in [0.5, 0.6) is 0 Å². The number of imidazole rings is 1. The van der Waals surface area contributed by atoms with Gasteiger partial charge in [-0.15, -0.1) is 0 Å². The Morgan fingerprint density at radius 1 is 1.12 bits per heavy atom. The van der Waals surface area contributed by atoms with Crippen molar-refractivity contribution in [2.45, 2.75) is 32.2 Å². The summed E-state index contributed by atoms with van der Waals surface area (Å²) >= 11 is 0. The summed E-state index contributed by atoms with van der Waals surface area (Å²) in [4.78, 5) is 17.5. The molecule has 4 rings (SSSR count). The number of nitrogens with zero attached hydrogens (tertiary/aromatic N) is 4. The van der Waals surface area contributed by atoms with E-state index in [4.69, 9.17) is 4.98 Å². The van der Waals surface area contributed by atoms with E-state index in [-0.39, 0.29) is 5.91 Å². The van der Waals surface area contributed by atoms with Crippen molar-refractivity contribution >= 4 is 11.7 Å². The minimum absolute atomic E-state index is 0.188. The maximum absolute atomic E-state index is 12.8. The van der Waals surface area contributed by atoms with Gasteiger partial charge in [-0.2, -0.15) is 5.10 Å². The van der Waals surface area contributed by atoms with Crippen LogP contribution < -0.4 is 5.32 Å². The van der Waals surface area contributed by atoms with Crippen LogP contribution in [0.2, 0.25) is 0 Å². The molecule has 0 radical (unpaired) electrons. The molecule has 1 N–H and O–H groups in total. The number of hydrogen-bond donors (Lipinski definition) is 1. The molecule has 0 fully saturated rings. The highest BCUT2D eigenvalue weighted by atomic mass is 16.2. The summed E-state index contributed by atoms with van der Waals surface area (Å²) in [5.74, 6) is 1.24. The highest BCUT2D eigenvalue weighted by molar-refractivity contribution is 6.03. The zero-order valence-electron chi connectivity index (χ0n) is 14.3. The first kappa shape index (κ1) is 15.6. The minimum atomic E-state index is -0.188. The number of carbonyl (C=O) groups is 1. The third-order valence-corrected chi connectivity index (χ3v) is 4.57. The van der Waals surface area contributed by atoms with E-state index < -0.39 is 0 Å². The molecule has 0 saturated carbocycles. The van der Waals surface area contributed by atoms with Crippen LogP contribution in [-0.4, -0.2) is 25.2 Å². The smallest absolute Gasteiger partial charge is 0.277 e. The fourth-order valence-electron chi connectivity index (χ4n) is 3.37. The first-order valence-electron chi connectivity index (χ1n) is 8.68. The number of carbonyl (C=O) groups excluding carboxylic acids is 1. The average Bonchev–Trinajstić information content (AvgIpc) is 3.11. The van der Waals surface area contributed by atoms with Gasteiger partial charge in [0.25, 0.3) is 5.91 Å². The van der Waals surface area contributed by atoms with E-state index in [1.54, 1.807) is 16.9 Å². The Labute approximate surface area is 146 Å². The zero-order valence-corrected chi connectivity index (χ0v) is 14.3. The Morgan fingerprint density at radius 3 is 2.72 bits per heavy atom. The first-order chi connectivity index (χ1) is 12.2. The lowest BCUT2D eigenvalue weighted by atomic mass is 10.1. The quantitative estimate of drug-likeness (QED) is 0.799. The van der Waals surface area contributed by atoms with Crippen LogP contribution in [0.3, 0.4) is 0 Å². The van der Waals surface area contributed by atoms with Gasteiger partial charge in [0, 0.05) is 31.4 Å². The fourth-order valence-corrected chi connectivity index (χ4v) is 3.37. The van der Waals surface area contributed by atoms with Crippen LogP contribution in [0.1, 0.15) is 35.4 Å². The molecular weight excluding hydrogens is 314 g/mol. The standard InChI is InChI=1S/C19H21N5O/c1-23-13-11-16(22-23)20-19(25)17-15-10-6-3-7-12-24(15)18(21-17)14-8-4-2-5-9-14/h2,4-5,8-9,11,13H,3,6-7,10,12H2,1H3,(H,20,22,25). The number of aryl methyl sites for hydroxylation is 1. The Hall–Kier alpha value is -2.89. The van der Waals surface area contributed by atoms with Gasteiger partial charge in [0.05, 0.1) is 5.69 Å². The number of rotatable bonds is 3. The third kappa shape index (κ3) is 3.07. The van der Waals surface area contributed by atoms with Gasteiger partial charge in [0.1, 0.15) is 11.5 Å². The topological polar surface area (TPSA) is 64.7 Å². The van der Waals surface area contributed by atoms with Gasteiger partial charge in [0.2, 0.25) is 0 Å². The number of hydrogen-bond acceptors (Lipinski definition) is 3. The summed E-state index contributed by atoms with van der Waals surface area (Å²) in [6.07, 6.45) is 6.06. The number of nitrogens with one attached hydrogen (secondary N) is 1. The zero-order chi connectivity index (χ0) is 17.2. The van der Waals surface area contributed by atoms with Crippen molar-refractivity contribution in [3.8, 4) is 11.4 Å². The van der Waals surface area contributed by atoms with Gasteiger partial charge in [-0.25, -0.2) is 4.98 Å². The van der Waals surface area contributed by atoms with Crippen molar-refractivity contribution in [3.05, 3.63) is 54.0 Å². The summed E-state index contributed by atoms with van der Waals surface area (Å²) in [6, 6.07) is 11.9. The lowest BCUT2D eigenvalue weighted by Gasteiger charge is -2.08. The molecule has 0 atom stereocenters. The Morgan fingerprint density at radius 2 is 1.96 bits per heavy atom. The maximum Gasteiger partial charge on any atom is 0.277 e. The second-order valence-corrected chi connectivity index (χ2v) is 6.39. The van der Waals surface area contributed by atoms with E-state index in [1.807, 2.05) is 37.4 Å². The lowest BCUT2D eigenvalue weighted by Crippen LogP contribution is -2.16. The molecule has 0 aliphatic carbocycles. The molecule has 0 saturated heterocycles. The number of aromatic nitrogens is 4. The normalized spacial score (nSPS) is 14.0. The Bertz CT molecular complexity index is 894. The molecule has 3 heterocycles. The summed E-state index contributed by atoms with van der Waals surface area (Å²) in [5, 5.41) is 7.09.